The molecule has 2 saturated heterocycles. The number of carbonyl (C=O) groups is 1. The highest BCUT2D eigenvalue weighted by Gasteiger charge is 2.19. The van der Waals surface area contributed by atoms with Crippen LogP contribution >= 0.6 is 0 Å². The van der Waals surface area contributed by atoms with Crippen LogP contribution in [0, 0.1) is 0 Å². The molecule has 0 atom stereocenters. The van der Waals surface area contributed by atoms with Crippen LogP contribution in [0.15, 0.2) is 24.3 Å². The van der Waals surface area contributed by atoms with Gasteiger partial charge >= 0.3 is 6.03 Å². The molecule has 1 aromatic carbocycles. The average Bonchev–Trinajstić information content (AvgIpc) is 2.49. The Morgan fingerprint density at radius 2 is 1.68 bits per heavy atom. The van der Waals surface area contributed by atoms with Gasteiger partial charge in [-0.3, -0.25) is 4.90 Å². The van der Waals surface area contributed by atoms with Crippen molar-refractivity contribution in [2.75, 3.05) is 49.2 Å². The largest absolute Gasteiger partial charge is 0.378 e. The summed E-state index contributed by atoms with van der Waals surface area (Å²) in [5, 5.41) is 2.87. The molecule has 2 aliphatic rings. The molecular weight excluding hydrogens is 242 g/mol. The van der Waals surface area contributed by atoms with Crippen molar-refractivity contribution in [2.45, 2.75) is 6.42 Å². The number of hydrogen-bond acceptors (Lipinski definition) is 3. The van der Waals surface area contributed by atoms with Gasteiger partial charge in [0, 0.05) is 37.6 Å². The van der Waals surface area contributed by atoms with Crippen molar-refractivity contribution in [1.82, 2.24) is 5.32 Å². The molecule has 0 radical (unpaired) electrons. The lowest BCUT2D eigenvalue weighted by Gasteiger charge is -2.30. The van der Waals surface area contributed by atoms with E-state index >= 15 is 0 Å². The Morgan fingerprint density at radius 3 is 2.37 bits per heavy atom. The summed E-state index contributed by atoms with van der Waals surface area (Å²) in [5.41, 5.74) is 2.17. The minimum atomic E-state index is 0.00497. The first kappa shape index (κ1) is 12.3. The maximum Gasteiger partial charge on any atom is 0.321 e. The highest BCUT2D eigenvalue weighted by atomic mass is 16.5. The van der Waals surface area contributed by atoms with E-state index < -0.39 is 0 Å². The van der Waals surface area contributed by atoms with Crippen LogP contribution in [0.1, 0.15) is 6.42 Å². The summed E-state index contributed by atoms with van der Waals surface area (Å²) in [5.74, 6) is 0. The third-order valence-corrected chi connectivity index (χ3v) is 3.62. The molecule has 1 N–H and O–H groups in total. The van der Waals surface area contributed by atoms with Crippen LogP contribution < -0.4 is 15.1 Å². The van der Waals surface area contributed by atoms with Gasteiger partial charge in [0.25, 0.3) is 0 Å². The number of anilines is 2. The van der Waals surface area contributed by atoms with Crippen molar-refractivity contribution in [3.05, 3.63) is 24.3 Å². The zero-order valence-corrected chi connectivity index (χ0v) is 11.0. The van der Waals surface area contributed by atoms with E-state index in [4.69, 9.17) is 4.74 Å². The molecule has 0 unspecified atom stereocenters. The Balaban J connectivity index is 1.72. The lowest BCUT2D eigenvalue weighted by Crippen LogP contribution is -2.46. The van der Waals surface area contributed by atoms with Crippen LogP contribution in [-0.4, -0.2) is 45.4 Å². The molecule has 0 aromatic heterocycles. The van der Waals surface area contributed by atoms with Crippen molar-refractivity contribution >= 4 is 17.4 Å². The van der Waals surface area contributed by atoms with Crippen LogP contribution in [0.25, 0.3) is 0 Å². The van der Waals surface area contributed by atoms with Gasteiger partial charge in [0.1, 0.15) is 0 Å². The summed E-state index contributed by atoms with van der Waals surface area (Å²) in [6, 6.07) is 8.22. The number of amides is 2. The predicted octanol–water partition coefficient (Wildman–Crippen LogP) is 1.44. The van der Waals surface area contributed by atoms with E-state index in [0.29, 0.717) is 0 Å². The second-order valence-electron chi connectivity index (χ2n) is 4.85. The molecule has 2 amide bonds. The van der Waals surface area contributed by atoms with Crippen LogP contribution in [0.2, 0.25) is 0 Å². The standard InChI is InChI=1S/C14H19N3O2/c18-14-15-6-1-7-17(14)13-4-2-12(3-5-13)16-8-10-19-11-9-16/h2-5H,1,6-11H2,(H,15,18). The number of morpholine rings is 1. The number of nitrogens with one attached hydrogen (secondary N) is 1. The number of benzene rings is 1. The number of rotatable bonds is 2. The number of carbonyl (C=O) groups excluding carboxylic acids is 1. The minimum absolute atomic E-state index is 0.00497. The predicted molar refractivity (Wildman–Crippen MR) is 74.8 cm³/mol. The minimum Gasteiger partial charge on any atom is -0.378 e. The van der Waals surface area contributed by atoms with Gasteiger partial charge in [0.05, 0.1) is 13.2 Å². The van der Waals surface area contributed by atoms with Crippen LogP contribution in [0.5, 0.6) is 0 Å². The Hall–Kier alpha value is -1.75. The van der Waals surface area contributed by atoms with Gasteiger partial charge in [-0.05, 0) is 30.7 Å². The van der Waals surface area contributed by atoms with E-state index in [9.17, 15) is 4.79 Å². The first-order chi connectivity index (χ1) is 9.34. The summed E-state index contributed by atoms with van der Waals surface area (Å²) in [6.07, 6.45) is 0.997. The highest BCUT2D eigenvalue weighted by Crippen LogP contribution is 2.22. The average molecular weight is 261 g/mol. The van der Waals surface area contributed by atoms with Gasteiger partial charge in [0.2, 0.25) is 0 Å². The first-order valence-corrected chi connectivity index (χ1v) is 6.83. The van der Waals surface area contributed by atoms with Crippen molar-refractivity contribution in [1.29, 1.82) is 0 Å². The molecule has 5 nitrogen and oxygen atoms in total. The molecule has 1 aromatic rings. The molecule has 0 spiro atoms. The van der Waals surface area contributed by atoms with Crippen molar-refractivity contribution in [2.24, 2.45) is 0 Å². The molecule has 2 heterocycles. The number of hydrogen-bond donors (Lipinski definition) is 1. The van der Waals surface area contributed by atoms with Gasteiger partial charge in [-0.2, -0.15) is 0 Å². The Bertz CT molecular complexity index is 441. The van der Waals surface area contributed by atoms with E-state index in [1.54, 1.807) is 4.90 Å². The third kappa shape index (κ3) is 2.66. The summed E-state index contributed by atoms with van der Waals surface area (Å²) in [7, 11) is 0. The fourth-order valence-electron chi connectivity index (χ4n) is 2.54. The normalized spacial score (nSPS) is 20.3. The smallest absolute Gasteiger partial charge is 0.321 e. The zero-order chi connectivity index (χ0) is 13.1. The maximum absolute atomic E-state index is 11.8. The maximum atomic E-state index is 11.8. The summed E-state index contributed by atoms with van der Waals surface area (Å²) < 4.78 is 5.35. The lowest BCUT2D eigenvalue weighted by atomic mass is 10.2. The van der Waals surface area contributed by atoms with Crippen molar-refractivity contribution < 1.29 is 9.53 Å². The molecule has 5 heteroatoms. The molecule has 3 rings (SSSR count). The third-order valence-electron chi connectivity index (χ3n) is 3.62. The Morgan fingerprint density at radius 1 is 1.00 bits per heavy atom. The molecule has 0 bridgehead atoms. The summed E-state index contributed by atoms with van der Waals surface area (Å²) >= 11 is 0. The second-order valence-corrected chi connectivity index (χ2v) is 4.85. The molecular formula is C14H19N3O2. The molecule has 0 aliphatic carbocycles. The first-order valence-electron chi connectivity index (χ1n) is 6.83. The second kappa shape index (κ2) is 5.48. The fraction of sp³-hybridized carbons (Fsp3) is 0.500. The van der Waals surface area contributed by atoms with Crippen LogP contribution in [0.4, 0.5) is 16.2 Å². The van der Waals surface area contributed by atoms with Crippen LogP contribution in [-0.2, 0) is 4.74 Å². The molecule has 0 saturated carbocycles. The van der Waals surface area contributed by atoms with Gasteiger partial charge in [-0.25, -0.2) is 4.79 Å². The van der Waals surface area contributed by atoms with E-state index in [0.717, 1.165) is 51.5 Å². The van der Waals surface area contributed by atoms with E-state index in [-0.39, 0.29) is 6.03 Å². The number of ether oxygens (including phenoxy) is 1. The van der Waals surface area contributed by atoms with Crippen molar-refractivity contribution in [3.63, 3.8) is 0 Å². The van der Waals surface area contributed by atoms with Gasteiger partial charge < -0.3 is 15.0 Å². The van der Waals surface area contributed by atoms with Crippen molar-refractivity contribution in [3.8, 4) is 0 Å². The Kier molecular flexibility index (Phi) is 3.55. The zero-order valence-electron chi connectivity index (χ0n) is 11.0. The van der Waals surface area contributed by atoms with Gasteiger partial charge in [-0.15, -0.1) is 0 Å². The monoisotopic (exact) mass is 261 g/mol. The number of urea groups is 1. The summed E-state index contributed by atoms with van der Waals surface area (Å²) in [4.78, 5) is 15.9. The molecule has 2 aliphatic heterocycles. The van der Waals surface area contributed by atoms with Crippen LogP contribution in [0.3, 0.4) is 0 Å². The topological polar surface area (TPSA) is 44.8 Å². The lowest BCUT2D eigenvalue weighted by molar-refractivity contribution is 0.122. The number of nitrogens with zero attached hydrogens (tertiary/aromatic N) is 2. The summed E-state index contributed by atoms with van der Waals surface area (Å²) in [6.45, 7) is 5.02. The van der Waals surface area contributed by atoms with Gasteiger partial charge in [0.15, 0.2) is 0 Å². The quantitative estimate of drug-likeness (QED) is 0.876. The molecule has 2 fully saturated rings. The molecule has 19 heavy (non-hydrogen) atoms. The molecule has 102 valence electrons. The van der Waals surface area contributed by atoms with E-state index in [2.05, 4.69) is 22.3 Å². The Labute approximate surface area is 113 Å². The van der Waals surface area contributed by atoms with Gasteiger partial charge in [-0.1, -0.05) is 0 Å². The van der Waals surface area contributed by atoms with E-state index in [1.807, 2.05) is 12.1 Å². The van der Waals surface area contributed by atoms with E-state index in [1.165, 1.54) is 5.69 Å². The SMILES string of the molecule is O=C1NCCCN1c1ccc(N2CCOCC2)cc1. The fourth-order valence-corrected chi connectivity index (χ4v) is 2.54. The highest BCUT2D eigenvalue weighted by molar-refractivity contribution is 5.92.